The quantitative estimate of drug-likeness (QED) is 0.305. The third-order valence-electron chi connectivity index (χ3n) is 8.26. The number of benzene rings is 2. The number of carbonyl (C=O) groups is 1. The molecule has 0 spiro atoms. The molecule has 2 aromatic carbocycles. The SMILES string of the molecule is CC(C)(c1ccc(-c2noc(-c3ccc(=O)n(Cc4cccc(C(=O)N5CCN(C6CC6)CC5)c4)n3)n2)cc1)C(F)(F)F. The van der Waals surface area contributed by atoms with Crippen molar-refractivity contribution in [2.75, 3.05) is 26.2 Å². The summed E-state index contributed by atoms with van der Waals surface area (Å²) in [5.41, 5.74) is -0.212. The van der Waals surface area contributed by atoms with E-state index in [2.05, 4.69) is 20.1 Å². The van der Waals surface area contributed by atoms with Crippen molar-refractivity contribution in [2.45, 2.75) is 50.9 Å². The van der Waals surface area contributed by atoms with Crippen LogP contribution in [0, 0.1) is 0 Å². The van der Waals surface area contributed by atoms with Crippen LogP contribution in [-0.4, -0.2) is 74.0 Å². The van der Waals surface area contributed by atoms with Crippen LogP contribution in [0.3, 0.4) is 0 Å². The summed E-state index contributed by atoms with van der Waals surface area (Å²) in [7, 11) is 0. The van der Waals surface area contributed by atoms with Crippen LogP contribution in [0.25, 0.3) is 23.0 Å². The zero-order valence-electron chi connectivity index (χ0n) is 23.8. The molecule has 4 aromatic rings. The van der Waals surface area contributed by atoms with E-state index in [1.165, 1.54) is 53.9 Å². The number of amides is 1. The molecule has 0 unspecified atom stereocenters. The van der Waals surface area contributed by atoms with Gasteiger partial charge in [-0.1, -0.05) is 41.6 Å². The van der Waals surface area contributed by atoms with Gasteiger partial charge in [0.05, 0.1) is 12.0 Å². The van der Waals surface area contributed by atoms with E-state index in [4.69, 9.17) is 4.52 Å². The van der Waals surface area contributed by atoms with Gasteiger partial charge in [0.1, 0.15) is 5.69 Å². The Morgan fingerprint density at radius 1 is 0.977 bits per heavy atom. The molecular weight excluding hydrogens is 561 g/mol. The van der Waals surface area contributed by atoms with Gasteiger partial charge < -0.3 is 9.42 Å². The lowest BCUT2D eigenvalue weighted by Gasteiger charge is -2.34. The minimum absolute atomic E-state index is 0.0280. The molecule has 2 aromatic heterocycles. The van der Waals surface area contributed by atoms with Gasteiger partial charge in [-0.2, -0.15) is 23.3 Å². The summed E-state index contributed by atoms with van der Waals surface area (Å²) in [5, 5.41) is 8.35. The van der Waals surface area contributed by atoms with Crippen molar-refractivity contribution in [3.8, 4) is 23.0 Å². The summed E-state index contributed by atoms with van der Waals surface area (Å²) < 4.78 is 46.9. The van der Waals surface area contributed by atoms with Gasteiger partial charge in [-0.25, -0.2) is 4.68 Å². The average molecular weight is 593 g/mol. The van der Waals surface area contributed by atoms with Crippen LogP contribution in [0.15, 0.2) is 70.0 Å². The van der Waals surface area contributed by atoms with Gasteiger partial charge >= 0.3 is 6.18 Å². The molecule has 9 nitrogen and oxygen atoms in total. The van der Waals surface area contributed by atoms with Gasteiger partial charge in [0, 0.05) is 49.4 Å². The van der Waals surface area contributed by atoms with Gasteiger partial charge in [-0.15, -0.1) is 0 Å². The summed E-state index contributed by atoms with van der Waals surface area (Å²) in [6.45, 7) is 5.55. The number of hydrogen-bond acceptors (Lipinski definition) is 7. The van der Waals surface area contributed by atoms with E-state index in [0.717, 1.165) is 32.5 Å². The summed E-state index contributed by atoms with van der Waals surface area (Å²) in [5.74, 6) is 0.201. The highest BCUT2D eigenvalue weighted by molar-refractivity contribution is 5.94. The van der Waals surface area contributed by atoms with Gasteiger partial charge in [-0.05, 0) is 56.0 Å². The lowest BCUT2D eigenvalue weighted by molar-refractivity contribution is -0.180. The molecule has 2 fully saturated rings. The molecule has 0 bridgehead atoms. The second-order valence-electron chi connectivity index (χ2n) is 11.6. The second kappa shape index (κ2) is 11.1. The molecule has 1 saturated carbocycles. The maximum absolute atomic E-state index is 13.4. The van der Waals surface area contributed by atoms with Crippen molar-refractivity contribution in [2.24, 2.45) is 0 Å². The van der Waals surface area contributed by atoms with E-state index in [0.29, 0.717) is 30.3 Å². The fourth-order valence-corrected chi connectivity index (χ4v) is 5.21. The van der Waals surface area contributed by atoms with Crippen molar-refractivity contribution < 1.29 is 22.5 Å². The molecule has 2 aliphatic rings. The molecule has 6 rings (SSSR count). The normalized spacial score (nSPS) is 16.4. The van der Waals surface area contributed by atoms with Gasteiger partial charge in [0.15, 0.2) is 0 Å². The molecule has 0 N–H and O–H groups in total. The predicted molar refractivity (Wildman–Crippen MR) is 152 cm³/mol. The smallest absolute Gasteiger partial charge is 0.336 e. The minimum Gasteiger partial charge on any atom is -0.336 e. The standard InChI is InChI=1S/C31H31F3N6O3/c1-30(2,31(32,33)34)23-8-6-21(7-9-23)27-35-28(43-37-27)25-12-13-26(41)40(36-25)19-20-4-3-5-22(18-20)29(42)39-16-14-38(15-17-39)24-10-11-24/h3-9,12-13,18,24H,10-11,14-17,19H2,1-2H3. The number of carbonyl (C=O) groups excluding carboxylic acids is 1. The molecule has 1 saturated heterocycles. The monoisotopic (exact) mass is 592 g/mol. The molecule has 224 valence electrons. The Bertz CT molecular complexity index is 1680. The Morgan fingerprint density at radius 3 is 2.37 bits per heavy atom. The first kappa shape index (κ1) is 28.8. The largest absolute Gasteiger partial charge is 0.397 e. The second-order valence-corrected chi connectivity index (χ2v) is 11.6. The highest BCUT2D eigenvalue weighted by atomic mass is 19.4. The van der Waals surface area contributed by atoms with Crippen LogP contribution in [-0.2, 0) is 12.0 Å². The molecule has 1 aliphatic carbocycles. The molecule has 3 heterocycles. The molecule has 0 radical (unpaired) electrons. The highest BCUT2D eigenvalue weighted by Crippen LogP contribution is 2.40. The Labute approximate surface area is 245 Å². The highest BCUT2D eigenvalue weighted by Gasteiger charge is 2.48. The zero-order chi connectivity index (χ0) is 30.4. The maximum Gasteiger partial charge on any atom is 0.397 e. The minimum atomic E-state index is -4.40. The van der Waals surface area contributed by atoms with Gasteiger partial charge in [-0.3, -0.25) is 14.5 Å². The summed E-state index contributed by atoms with van der Waals surface area (Å²) in [6, 6.07) is 16.5. The van der Waals surface area contributed by atoms with Crippen LogP contribution in [0.5, 0.6) is 0 Å². The van der Waals surface area contributed by atoms with E-state index >= 15 is 0 Å². The number of aromatic nitrogens is 4. The predicted octanol–water partition coefficient (Wildman–Crippen LogP) is 4.77. The first-order chi connectivity index (χ1) is 20.5. The molecule has 1 aliphatic heterocycles. The first-order valence-electron chi connectivity index (χ1n) is 14.2. The number of alkyl halides is 3. The first-order valence-corrected chi connectivity index (χ1v) is 14.2. The molecule has 1 amide bonds. The van der Waals surface area contributed by atoms with Gasteiger partial charge in [0.25, 0.3) is 17.4 Å². The van der Waals surface area contributed by atoms with E-state index in [-0.39, 0.29) is 41.0 Å². The lowest BCUT2D eigenvalue weighted by Crippen LogP contribution is -2.49. The summed E-state index contributed by atoms with van der Waals surface area (Å²) >= 11 is 0. The van der Waals surface area contributed by atoms with Crippen LogP contribution in [0.1, 0.15) is 48.2 Å². The van der Waals surface area contributed by atoms with E-state index in [9.17, 15) is 22.8 Å². The number of nitrogens with zero attached hydrogens (tertiary/aromatic N) is 6. The maximum atomic E-state index is 13.4. The Hall–Kier alpha value is -4.32. The lowest BCUT2D eigenvalue weighted by atomic mass is 9.83. The third kappa shape index (κ3) is 5.96. The summed E-state index contributed by atoms with van der Waals surface area (Å²) in [4.78, 5) is 34.5. The fourth-order valence-electron chi connectivity index (χ4n) is 5.21. The van der Waals surface area contributed by atoms with E-state index in [1.807, 2.05) is 11.0 Å². The zero-order valence-corrected chi connectivity index (χ0v) is 23.8. The van der Waals surface area contributed by atoms with Gasteiger partial charge in [0.2, 0.25) is 5.82 Å². The van der Waals surface area contributed by atoms with Crippen LogP contribution >= 0.6 is 0 Å². The number of piperazine rings is 1. The molecular formula is C31H31F3N6O3. The van der Waals surface area contributed by atoms with Crippen LogP contribution in [0.4, 0.5) is 13.2 Å². The van der Waals surface area contributed by atoms with Crippen LogP contribution in [0.2, 0.25) is 0 Å². The van der Waals surface area contributed by atoms with Crippen molar-refractivity contribution in [3.63, 3.8) is 0 Å². The third-order valence-corrected chi connectivity index (χ3v) is 8.26. The van der Waals surface area contributed by atoms with Crippen molar-refractivity contribution in [3.05, 3.63) is 87.7 Å². The number of halogens is 3. The summed E-state index contributed by atoms with van der Waals surface area (Å²) in [6.07, 6.45) is -1.90. The number of rotatable bonds is 7. The van der Waals surface area contributed by atoms with Crippen molar-refractivity contribution >= 4 is 5.91 Å². The Balaban J connectivity index is 1.16. The molecule has 0 atom stereocenters. The van der Waals surface area contributed by atoms with E-state index in [1.54, 1.807) is 18.2 Å². The molecule has 12 heteroatoms. The Kier molecular flexibility index (Phi) is 7.41. The average Bonchev–Trinajstić information content (AvgIpc) is 3.73. The molecule has 43 heavy (non-hydrogen) atoms. The van der Waals surface area contributed by atoms with Crippen LogP contribution < -0.4 is 5.56 Å². The fraction of sp³-hybridized carbons (Fsp3) is 0.387. The van der Waals surface area contributed by atoms with Crippen molar-refractivity contribution in [1.82, 2.24) is 29.7 Å². The topological polar surface area (TPSA) is 97.4 Å². The van der Waals surface area contributed by atoms with E-state index < -0.39 is 11.6 Å². The Morgan fingerprint density at radius 2 is 1.70 bits per heavy atom. The van der Waals surface area contributed by atoms with Crippen molar-refractivity contribution in [1.29, 1.82) is 0 Å². The number of hydrogen-bond donors (Lipinski definition) is 0.